The van der Waals surface area contributed by atoms with E-state index in [1.54, 1.807) is 6.07 Å². The summed E-state index contributed by atoms with van der Waals surface area (Å²) in [4.78, 5) is 11.0. The molecule has 1 aromatic heterocycles. The Morgan fingerprint density at radius 2 is 1.42 bits per heavy atom. The normalized spacial score (nSPS) is 18.5. The van der Waals surface area contributed by atoms with Crippen molar-refractivity contribution in [1.29, 1.82) is 0 Å². The minimum absolute atomic E-state index is 0. The fourth-order valence-electron chi connectivity index (χ4n) is 1.44. The first-order valence-electron chi connectivity index (χ1n) is 5.40. The zero-order chi connectivity index (χ0) is 12.8. The van der Waals surface area contributed by atoms with Crippen molar-refractivity contribution in [3.05, 3.63) is 90.8 Å². The second kappa shape index (κ2) is 8.72. The monoisotopic (exact) mass is 313 g/mol. The topological polar surface area (TPSA) is 43.1 Å². The molecule has 0 amide bonds. The number of rotatable bonds is 2. The van der Waals surface area contributed by atoms with Gasteiger partial charge in [-0.3, -0.25) is 10.1 Å². The summed E-state index contributed by atoms with van der Waals surface area (Å²) in [7, 11) is 0. The van der Waals surface area contributed by atoms with Crippen molar-refractivity contribution in [1.82, 2.24) is 0 Å². The van der Waals surface area contributed by atoms with Gasteiger partial charge in [-0.05, 0) is 63.9 Å². The van der Waals surface area contributed by atoms with Gasteiger partial charge < -0.3 is 0 Å². The van der Waals surface area contributed by atoms with Gasteiger partial charge in [0.1, 0.15) is 0 Å². The van der Waals surface area contributed by atoms with Crippen LogP contribution in [0.25, 0.3) is 0 Å². The van der Waals surface area contributed by atoms with Crippen molar-refractivity contribution in [2.45, 2.75) is 0 Å². The molecule has 0 saturated heterocycles. The van der Waals surface area contributed by atoms with Crippen LogP contribution in [0.1, 0.15) is 4.88 Å². The summed E-state index contributed by atoms with van der Waals surface area (Å²) in [6.45, 7) is 0. The second-order valence-corrected chi connectivity index (χ2v) is 4.59. The van der Waals surface area contributed by atoms with Gasteiger partial charge >= 0.3 is 22.1 Å². The quantitative estimate of drug-likeness (QED) is 0.477. The molecular weight excluding hydrogens is 302 g/mol. The molecular formula is C14H11FeNO2S+2. The molecule has 2 aliphatic rings. The van der Waals surface area contributed by atoms with Crippen LogP contribution in [-0.2, 0) is 17.1 Å². The molecule has 1 aromatic rings. The fourth-order valence-corrected chi connectivity index (χ4v) is 2.27. The van der Waals surface area contributed by atoms with Crippen molar-refractivity contribution >= 4 is 16.3 Å². The molecule has 0 aromatic carbocycles. The number of hydrogen-bond acceptors (Lipinski definition) is 3. The maximum absolute atomic E-state index is 10.4. The smallest absolute Gasteiger partial charge is 0.258 e. The summed E-state index contributed by atoms with van der Waals surface area (Å²) in [5.74, 6) is 1.04. The minimum Gasteiger partial charge on any atom is -0.258 e. The van der Waals surface area contributed by atoms with Crippen LogP contribution < -0.4 is 0 Å². The van der Waals surface area contributed by atoms with E-state index >= 15 is 0 Å². The Morgan fingerprint density at radius 1 is 0.895 bits per heavy atom. The van der Waals surface area contributed by atoms with E-state index in [-0.39, 0.29) is 27.0 Å². The van der Waals surface area contributed by atoms with Crippen LogP contribution in [0.15, 0.2) is 12.1 Å². The van der Waals surface area contributed by atoms with Gasteiger partial charge in [0.25, 0.3) is 0 Å². The van der Waals surface area contributed by atoms with Gasteiger partial charge in [-0.1, -0.05) is 11.3 Å². The van der Waals surface area contributed by atoms with Crippen molar-refractivity contribution in [2.75, 3.05) is 0 Å². The molecule has 10 radical (unpaired) electrons. The van der Waals surface area contributed by atoms with Gasteiger partial charge in [-0.15, -0.1) is 0 Å². The molecule has 96 valence electrons. The van der Waals surface area contributed by atoms with E-state index in [4.69, 9.17) is 0 Å². The Balaban J connectivity index is 0.000000256. The molecule has 2 fully saturated rings. The van der Waals surface area contributed by atoms with Crippen LogP contribution in [0, 0.1) is 73.8 Å². The van der Waals surface area contributed by atoms with E-state index in [0.717, 1.165) is 10.8 Å². The molecule has 5 heteroatoms. The summed E-state index contributed by atoms with van der Waals surface area (Å²) in [5, 5.41) is 10.6. The van der Waals surface area contributed by atoms with E-state index in [0.29, 0.717) is 0 Å². The number of hydrogen-bond donors (Lipinski definition) is 0. The third kappa shape index (κ3) is 5.25. The van der Waals surface area contributed by atoms with Crippen LogP contribution in [0.4, 0.5) is 5.00 Å². The Hall–Kier alpha value is -0.381. The van der Waals surface area contributed by atoms with E-state index in [2.05, 4.69) is 0 Å². The molecule has 0 unspecified atom stereocenters. The summed E-state index contributed by atoms with van der Waals surface area (Å²) < 4.78 is 0. The number of nitrogens with zero attached hydrogens (tertiary/aromatic N) is 1. The predicted molar refractivity (Wildman–Crippen MR) is 72.0 cm³/mol. The van der Waals surface area contributed by atoms with E-state index in [1.807, 2.05) is 57.8 Å². The van der Waals surface area contributed by atoms with Gasteiger partial charge in [0.05, 0.1) is 4.92 Å². The molecule has 3 rings (SSSR count). The largest absolute Gasteiger partial charge is 2.00 e. The van der Waals surface area contributed by atoms with Crippen LogP contribution in [0.3, 0.4) is 0 Å². The van der Waals surface area contributed by atoms with E-state index < -0.39 is 0 Å². The SMILES string of the molecule is O=[N+]([O-])c1ccc([C]2[CH][CH][CH][CH]2)s1.[CH]1[CH][CH][CH][CH]1.[Fe+2]. The van der Waals surface area contributed by atoms with Crippen LogP contribution in [0.5, 0.6) is 0 Å². The molecule has 0 spiro atoms. The zero-order valence-electron chi connectivity index (χ0n) is 9.88. The molecule has 0 atom stereocenters. The Morgan fingerprint density at radius 3 is 1.84 bits per heavy atom. The molecule has 2 saturated carbocycles. The van der Waals surface area contributed by atoms with Crippen molar-refractivity contribution in [3.8, 4) is 0 Å². The second-order valence-electron chi connectivity index (χ2n) is 3.53. The van der Waals surface area contributed by atoms with Gasteiger partial charge in [0.15, 0.2) is 0 Å². The molecule has 0 bridgehead atoms. The van der Waals surface area contributed by atoms with Gasteiger partial charge in [0.2, 0.25) is 0 Å². The molecule has 0 N–H and O–H groups in total. The first-order valence-corrected chi connectivity index (χ1v) is 6.22. The Bertz CT molecular complexity index is 377. The van der Waals surface area contributed by atoms with Gasteiger partial charge in [-0.2, -0.15) is 0 Å². The number of nitro groups is 1. The first-order chi connectivity index (χ1) is 8.77. The van der Waals surface area contributed by atoms with Gasteiger partial charge in [-0.25, -0.2) is 0 Å². The summed E-state index contributed by atoms with van der Waals surface area (Å²) in [6, 6.07) is 3.31. The van der Waals surface area contributed by atoms with Crippen molar-refractivity contribution < 1.29 is 22.0 Å². The van der Waals surface area contributed by atoms with Crippen molar-refractivity contribution in [3.63, 3.8) is 0 Å². The molecule has 1 heterocycles. The molecule has 3 nitrogen and oxygen atoms in total. The molecule has 2 aliphatic carbocycles. The first kappa shape index (κ1) is 16.7. The zero-order valence-corrected chi connectivity index (χ0v) is 11.8. The van der Waals surface area contributed by atoms with E-state index in [9.17, 15) is 10.1 Å². The number of thiophene rings is 1. The minimum atomic E-state index is -0.364. The van der Waals surface area contributed by atoms with Crippen LogP contribution in [0.2, 0.25) is 0 Å². The van der Waals surface area contributed by atoms with Gasteiger partial charge in [0, 0.05) is 16.9 Å². The maximum Gasteiger partial charge on any atom is 2.00 e. The summed E-state index contributed by atoms with van der Waals surface area (Å²) >= 11 is 1.20. The van der Waals surface area contributed by atoms with Crippen LogP contribution >= 0.6 is 11.3 Å². The summed E-state index contributed by atoms with van der Waals surface area (Å²) in [5.41, 5.74) is 0. The third-order valence-corrected chi connectivity index (χ3v) is 3.36. The Kier molecular flexibility index (Phi) is 7.66. The maximum atomic E-state index is 10.4. The molecule has 0 aliphatic heterocycles. The standard InChI is InChI=1S/C9H6NO2S.C5H5.Fe/c11-10(12)9-6-5-8(13-9)7-3-1-2-4-7;1-2-4-5-3-1;/h1-6H;1-5H;/q;;+2. The summed E-state index contributed by atoms with van der Waals surface area (Å²) in [6.07, 6.45) is 17.7. The van der Waals surface area contributed by atoms with Crippen LogP contribution in [-0.4, -0.2) is 4.92 Å². The fraction of sp³-hybridized carbons (Fsp3) is 0. The average Bonchev–Trinajstić information content (AvgIpc) is 3.14. The van der Waals surface area contributed by atoms with E-state index in [1.165, 1.54) is 17.4 Å². The van der Waals surface area contributed by atoms with Crippen molar-refractivity contribution in [2.24, 2.45) is 0 Å². The Labute approximate surface area is 129 Å². The predicted octanol–water partition coefficient (Wildman–Crippen LogP) is 3.43. The average molecular weight is 313 g/mol. The molecule has 19 heavy (non-hydrogen) atoms. The third-order valence-electron chi connectivity index (χ3n) is 2.27.